The zero-order chi connectivity index (χ0) is 16.5. The molecule has 0 aliphatic heterocycles. The molecule has 0 spiro atoms. The predicted molar refractivity (Wildman–Crippen MR) is 92.4 cm³/mol. The molecule has 0 fully saturated rings. The number of unbranched alkanes of at least 4 members (excludes halogenated alkanes) is 2. The highest BCUT2D eigenvalue weighted by Gasteiger charge is 2.06. The number of amides is 1. The Bertz CT molecular complexity index is 626. The fourth-order valence-electron chi connectivity index (χ4n) is 2.14. The van der Waals surface area contributed by atoms with Gasteiger partial charge in [-0.15, -0.1) is 0 Å². The van der Waals surface area contributed by atoms with Crippen LogP contribution in [0.2, 0.25) is 0 Å². The van der Waals surface area contributed by atoms with E-state index in [2.05, 4.69) is 22.5 Å². The van der Waals surface area contributed by atoms with Crippen molar-refractivity contribution in [2.75, 3.05) is 19.0 Å². The molecule has 0 saturated carbocycles. The monoisotopic (exact) mass is 313 g/mol. The Morgan fingerprint density at radius 3 is 2.74 bits per heavy atom. The summed E-state index contributed by atoms with van der Waals surface area (Å²) in [6.45, 7) is 2.83. The van der Waals surface area contributed by atoms with Crippen molar-refractivity contribution < 1.29 is 9.53 Å². The average molecular weight is 313 g/mol. The molecule has 122 valence electrons. The van der Waals surface area contributed by atoms with E-state index < -0.39 is 0 Å². The third kappa shape index (κ3) is 5.29. The van der Waals surface area contributed by atoms with E-state index in [1.54, 1.807) is 19.4 Å². The lowest BCUT2D eigenvalue weighted by Crippen LogP contribution is -2.25. The maximum absolute atomic E-state index is 12.0. The van der Waals surface area contributed by atoms with E-state index >= 15 is 0 Å². The molecule has 0 bridgehead atoms. The van der Waals surface area contributed by atoms with Crippen molar-refractivity contribution in [3.8, 4) is 5.75 Å². The zero-order valence-corrected chi connectivity index (χ0v) is 13.6. The first kappa shape index (κ1) is 16.8. The highest BCUT2D eigenvalue weighted by molar-refractivity contribution is 5.92. The minimum Gasteiger partial charge on any atom is -0.497 e. The van der Waals surface area contributed by atoms with Crippen LogP contribution in [0.4, 0.5) is 11.4 Å². The molecule has 0 saturated heterocycles. The summed E-state index contributed by atoms with van der Waals surface area (Å²) >= 11 is 0. The summed E-state index contributed by atoms with van der Waals surface area (Å²) in [6.07, 6.45) is 4.91. The number of nitrogens with one attached hydrogen (secondary N) is 2. The molecule has 2 rings (SSSR count). The molecule has 0 radical (unpaired) electrons. The number of anilines is 2. The first-order valence-electron chi connectivity index (χ1n) is 7.88. The Balaban J connectivity index is 1.92. The quantitative estimate of drug-likeness (QED) is 0.729. The fourth-order valence-corrected chi connectivity index (χ4v) is 2.14. The molecule has 5 heteroatoms. The van der Waals surface area contributed by atoms with E-state index in [-0.39, 0.29) is 5.91 Å². The van der Waals surface area contributed by atoms with Crippen molar-refractivity contribution in [1.29, 1.82) is 0 Å². The minimum absolute atomic E-state index is 0.131. The number of pyridine rings is 1. The molecule has 1 aromatic carbocycles. The van der Waals surface area contributed by atoms with E-state index in [1.165, 1.54) is 0 Å². The average Bonchev–Trinajstić information content (AvgIpc) is 2.59. The normalized spacial score (nSPS) is 10.2. The van der Waals surface area contributed by atoms with Crippen molar-refractivity contribution in [2.45, 2.75) is 26.2 Å². The van der Waals surface area contributed by atoms with Crippen LogP contribution in [0.1, 0.15) is 36.7 Å². The number of hydrogen-bond acceptors (Lipinski definition) is 4. The summed E-state index contributed by atoms with van der Waals surface area (Å²) in [5.41, 5.74) is 2.15. The van der Waals surface area contributed by atoms with E-state index in [1.807, 2.05) is 30.3 Å². The third-order valence-corrected chi connectivity index (χ3v) is 3.42. The van der Waals surface area contributed by atoms with Crippen LogP contribution >= 0.6 is 0 Å². The predicted octanol–water partition coefficient (Wildman–Crippen LogP) is 3.75. The van der Waals surface area contributed by atoms with Gasteiger partial charge in [0.2, 0.25) is 0 Å². The molecule has 0 aliphatic carbocycles. The summed E-state index contributed by atoms with van der Waals surface area (Å²) in [7, 11) is 1.63. The van der Waals surface area contributed by atoms with Crippen molar-refractivity contribution in [3.63, 3.8) is 0 Å². The molecule has 23 heavy (non-hydrogen) atoms. The van der Waals surface area contributed by atoms with Crippen LogP contribution in [0, 0.1) is 0 Å². The Labute approximate surface area is 137 Å². The van der Waals surface area contributed by atoms with Crippen LogP contribution in [0.5, 0.6) is 5.75 Å². The van der Waals surface area contributed by atoms with Crippen molar-refractivity contribution in [2.24, 2.45) is 0 Å². The van der Waals surface area contributed by atoms with E-state index in [9.17, 15) is 4.79 Å². The van der Waals surface area contributed by atoms with Gasteiger partial charge in [0.25, 0.3) is 5.91 Å². The maximum atomic E-state index is 12.0. The highest BCUT2D eigenvalue weighted by Crippen LogP contribution is 2.20. The summed E-state index contributed by atoms with van der Waals surface area (Å²) in [5, 5.41) is 6.11. The number of nitrogens with zero attached hydrogens (tertiary/aromatic N) is 1. The number of rotatable bonds is 8. The van der Waals surface area contributed by atoms with Crippen LogP contribution < -0.4 is 15.4 Å². The standard InChI is InChI=1S/C18H23N3O2/c1-3-4-5-11-19-18(22)17-10-9-15(13-20-17)21-14-7-6-8-16(12-14)23-2/h6-10,12-13,21H,3-5,11H2,1-2H3,(H,19,22). The molecule has 0 atom stereocenters. The molecule has 1 aromatic heterocycles. The number of aromatic nitrogens is 1. The molecule has 2 N–H and O–H groups in total. The number of carbonyl (C=O) groups is 1. The van der Waals surface area contributed by atoms with Crippen molar-refractivity contribution in [3.05, 3.63) is 48.3 Å². The van der Waals surface area contributed by atoms with Gasteiger partial charge in [0.15, 0.2) is 0 Å². The molecular weight excluding hydrogens is 290 g/mol. The van der Waals surface area contributed by atoms with Crippen molar-refractivity contribution >= 4 is 17.3 Å². The summed E-state index contributed by atoms with van der Waals surface area (Å²) < 4.78 is 5.19. The second kappa shape index (κ2) is 8.78. The highest BCUT2D eigenvalue weighted by atomic mass is 16.5. The topological polar surface area (TPSA) is 63.2 Å². The molecule has 5 nitrogen and oxygen atoms in total. The smallest absolute Gasteiger partial charge is 0.269 e. The summed E-state index contributed by atoms with van der Waals surface area (Å²) in [4.78, 5) is 16.2. The Morgan fingerprint density at radius 1 is 1.17 bits per heavy atom. The van der Waals surface area contributed by atoms with Crippen LogP contribution in [-0.4, -0.2) is 24.5 Å². The first-order chi connectivity index (χ1) is 11.2. The van der Waals surface area contributed by atoms with Gasteiger partial charge in [0, 0.05) is 18.3 Å². The lowest BCUT2D eigenvalue weighted by molar-refractivity contribution is 0.0948. The number of ether oxygens (including phenoxy) is 1. The van der Waals surface area contributed by atoms with Gasteiger partial charge < -0.3 is 15.4 Å². The largest absolute Gasteiger partial charge is 0.497 e. The molecule has 0 unspecified atom stereocenters. The Morgan fingerprint density at radius 2 is 2.04 bits per heavy atom. The SMILES string of the molecule is CCCCCNC(=O)c1ccc(Nc2cccc(OC)c2)cn1. The number of benzene rings is 1. The summed E-state index contributed by atoms with van der Waals surface area (Å²) in [5.74, 6) is 0.653. The van der Waals surface area contributed by atoms with Crippen LogP contribution in [0.15, 0.2) is 42.6 Å². The van der Waals surface area contributed by atoms with E-state index in [4.69, 9.17) is 4.74 Å². The third-order valence-electron chi connectivity index (χ3n) is 3.42. The van der Waals surface area contributed by atoms with Crippen LogP contribution in [-0.2, 0) is 0 Å². The van der Waals surface area contributed by atoms with Gasteiger partial charge in [-0.25, -0.2) is 4.98 Å². The van der Waals surface area contributed by atoms with Gasteiger partial charge in [0.05, 0.1) is 19.0 Å². The Hall–Kier alpha value is -2.56. The lowest BCUT2D eigenvalue weighted by atomic mass is 10.2. The molecule has 1 amide bonds. The van der Waals surface area contributed by atoms with Crippen molar-refractivity contribution in [1.82, 2.24) is 10.3 Å². The van der Waals surface area contributed by atoms with Crippen LogP contribution in [0.25, 0.3) is 0 Å². The molecule has 2 aromatic rings. The zero-order valence-electron chi connectivity index (χ0n) is 13.6. The second-order valence-corrected chi connectivity index (χ2v) is 5.25. The lowest BCUT2D eigenvalue weighted by Gasteiger charge is -2.09. The van der Waals surface area contributed by atoms with Crippen LogP contribution in [0.3, 0.4) is 0 Å². The number of carbonyl (C=O) groups excluding carboxylic acids is 1. The molecular formula is C18H23N3O2. The van der Waals surface area contributed by atoms with E-state index in [0.29, 0.717) is 12.2 Å². The van der Waals surface area contributed by atoms with Gasteiger partial charge in [-0.2, -0.15) is 0 Å². The summed E-state index contributed by atoms with van der Waals surface area (Å²) in [6, 6.07) is 11.2. The second-order valence-electron chi connectivity index (χ2n) is 5.25. The Kier molecular flexibility index (Phi) is 6.41. The van der Waals surface area contributed by atoms with Gasteiger partial charge in [-0.05, 0) is 30.7 Å². The molecule has 0 aliphatic rings. The van der Waals surface area contributed by atoms with Gasteiger partial charge >= 0.3 is 0 Å². The first-order valence-corrected chi connectivity index (χ1v) is 7.88. The van der Waals surface area contributed by atoms with Gasteiger partial charge in [0.1, 0.15) is 11.4 Å². The number of methoxy groups -OCH3 is 1. The van der Waals surface area contributed by atoms with E-state index in [0.717, 1.165) is 36.4 Å². The van der Waals surface area contributed by atoms with Gasteiger partial charge in [-0.3, -0.25) is 4.79 Å². The van der Waals surface area contributed by atoms with Gasteiger partial charge in [-0.1, -0.05) is 25.8 Å². The fraction of sp³-hybridized carbons (Fsp3) is 0.333. The molecule has 1 heterocycles. The maximum Gasteiger partial charge on any atom is 0.269 e. The minimum atomic E-state index is -0.131. The number of hydrogen-bond donors (Lipinski definition) is 2.